The second kappa shape index (κ2) is 7.61. The summed E-state index contributed by atoms with van der Waals surface area (Å²) in [6.45, 7) is -0.254. The molecule has 1 atom stereocenters. The molecule has 1 unspecified atom stereocenters. The number of hydrogen-bond donors (Lipinski definition) is 3. The summed E-state index contributed by atoms with van der Waals surface area (Å²) < 4.78 is 10.7. The topological polar surface area (TPSA) is 122 Å². The summed E-state index contributed by atoms with van der Waals surface area (Å²) in [6.07, 6.45) is -0.954. The van der Waals surface area contributed by atoms with Crippen LogP contribution in [0.4, 0.5) is 0 Å². The SMILES string of the molecule is COc1ccc(COCC(O)CO)c2nc3cccc(C(=O)O)c3nc12. The largest absolute Gasteiger partial charge is 0.494 e. The quantitative estimate of drug-likeness (QED) is 0.541. The average Bonchev–Trinajstić information content (AvgIpc) is 2.65. The van der Waals surface area contributed by atoms with Gasteiger partial charge < -0.3 is 24.8 Å². The summed E-state index contributed by atoms with van der Waals surface area (Å²) in [5.74, 6) is -0.616. The molecule has 0 aliphatic rings. The second-order valence-electron chi connectivity index (χ2n) is 5.68. The molecule has 8 heteroatoms. The number of ether oxygens (including phenoxy) is 2. The molecule has 0 saturated carbocycles. The minimum absolute atomic E-state index is 0.0196. The van der Waals surface area contributed by atoms with Crippen molar-refractivity contribution in [3.8, 4) is 5.75 Å². The number of nitrogens with zero attached hydrogens (tertiary/aromatic N) is 2. The van der Waals surface area contributed by atoms with Gasteiger partial charge >= 0.3 is 5.97 Å². The minimum atomic E-state index is -1.08. The van der Waals surface area contributed by atoms with Crippen LogP contribution in [0, 0.1) is 0 Å². The molecule has 3 N–H and O–H groups in total. The van der Waals surface area contributed by atoms with E-state index in [4.69, 9.17) is 14.6 Å². The summed E-state index contributed by atoms with van der Waals surface area (Å²) in [6, 6.07) is 8.25. The Kier molecular flexibility index (Phi) is 5.27. The number of methoxy groups -OCH3 is 1. The number of fused-ring (bicyclic) bond motifs is 2. The Labute approximate surface area is 148 Å². The van der Waals surface area contributed by atoms with Gasteiger partial charge in [-0.05, 0) is 18.2 Å². The van der Waals surface area contributed by atoms with Crippen molar-refractivity contribution in [2.75, 3.05) is 20.3 Å². The second-order valence-corrected chi connectivity index (χ2v) is 5.68. The molecule has 0 aliphatic heterocycles. The zero-order valence-electron chi connectivity index (χ0n) is 14.0. The summed E-state index contributed by atoms with van der Waals surface area (Å²) in [7, 11) is 1.50. The van der Waals surface area contributed by atoms with Crippen molar-refractivity contribution >= 4 is 28.0 Å². The number of para-hydroxylation sites is 1. The highest BCUT2D eigenvalue weighted by atomic mass is 16.5. The lowest BCUT2D eigenvalue weighted by atomic mass is 10.1. The van der Waals surface area contributed by atoms with Gasteiger partial charge in [0.15, 0.2) is 0 Å². The third kappa shape index (κ3) is 3.43. The van der Waals surface area contributed by atoms with E-state index in [1.807, 2.05) is 0 Å². The van der Waals surface area contributed by atoms with Crippen LogP contribution in [0.1, 0.15) is 15.9 Å². The van der Waals surface area contributed by atoms with Crippen LogP contribution in [0.2, 0.25) is 0 Å². The van der Waals surface area contributed by atoms with Crippen LogP contribution < -0.4 is 4.74 Å². The van der Waals surface area contributed by atoms with Gasteiger partial charge in [0.25, 0.3) is 0 Å². The molecular weight excluding hydrogens is 340 g/mol. The Balaban J connectivity index is 2.12. The van der Waals surface area contributed by atoms with Gasteiger partial charge in [0.05, 0.1) is 43.5 Å². The van der Waals surface area contributed by atoms with E-state index in [1.54, 1.807) is 24.3 Å². The number of carboxylic acids is 1. The van der Waals surface area contributed by atoms with E-state index in [0.717, 1.165) is 0 Å². The Bertz CT molecular complexity index is 959. The van der Waals surface area contributed by atoms with Crippen LogP contribution in [-0.4, -0.2) is 57.7 Å². The normalized spacial score (nSPS) is 12.4. The number of aromatic nitrogens is 2. The maximum atomic E-state index is 11.4. The summed E-state index contributed by atoms with van der Waals surface area (Å²) in [5, 5.41) is 27.6. The van der Waals surface area contributed by atoms with Crippen LogP contribution >= 0.6 is 0 Å². The zero-order chi connectivity index (χ0) is 18.7. The lowest BCUT2D eigenvalue weighted by Crippen LogP contribution is -2.19. The standard InChI is InChI=1S/C18H18N2O6/c1-25-14-6-5-10(8-26-9-11(22)7-21)15-17(14)20-16-12(18(23)24)3-2-4-13(16)19-15/h2-6,11,21-22H,7-9H2,1H3,(H,23,24). The molecule has 2 aromatic carbocycles. The fourth-order valence-corrected chi connectivity index (χ4v) is 2.62. The van der Waals surface area contributed by atoms with Crippen LogP contribution in [0.5, 0.6) is 5.75 Å². The van der Waals surface area contributed by atoms with Gasteiger partial charge in [-0.3, -0.25) is 0 Å². The number of carboxylic acid groups (broad SMARTS) is 1. The van der Waals surface area contributed by atoms with Crippen molar-refractivity contribution in [1.82, 2.24) is 9.97 Å². The molecule has 0 amide bonds. The fourth-order valence-electron chi connectivity index (χ4n) is 2.62. The van der Waals surface area contributed by atoms with Crippen molar-refractivity contribution in [3.05, 3.63) is 41.5 Å². The predicted octanol–water partition coefficient (Wildman–Crippen LogP) is 1.36. The van der Waals surface area contributed by atoms with E-state index in [0.29, 0.717) is 27.9 Å². The van der Waals surface area contributed by atoms with E-state index in [1.165, 1.54) is 13.2 Å². The van der Waals surface area contributed by atoms with E-state index in [-0.39, 0.29) is 30.9 Å². The molecule has 0 bridgehead atoms. The predicted molar refractivity (Wildman–Crippen MR) is 93.3 cm³/mol. The maximum absolute atomic E-state index is 11.4. The third-order valence-electron chi connectivity index (χ3n) is 3.90. The van der Waals surface area contributed by atoms with Gasteiger partial charge in [-0.15, -0.1) is 0 Å². The fraction of sp³-hybridized carbons (Fsp3) is 0.278. The molecule has 136 valence electrons. The Morgan fingerprint density at radius 1 is 1.15 bits per heavy atom. The average molecular weight is 358 g/mol. The highest BCUT2D eigenvalue weighted by Crippen LogP contribution is 2.29. The number of aromatic carboxylic acids is 1. The molecule has 0 saturated heterocycles. The third-order valence-corrected chi connectivity index (χ3v) is 3.90. The summed E-state index contributed by atoms with van der Waals surface area (Å²) >= 11 is 0. The maximum Gasteiger partial charge on any atom is 0.337 e. The lowest BCUT2D eigenvalue weighted by molar-refractivity contribution is 0.000273. The van der Waals surface area contributed by atoms with Crippen LogP contribution in [-0.2, 0) is 11.3 Å². The molecule has 0 radical (unpaired) electrons. The van der Waals surface area contributed by atoms with E-state index < -0.39 is 12.1 Å². The first kappa shape index (κ1) is 18.0. The summed E-state index contributed by atoms with van der Waals surface area (Å²) in [4.78, 5) is 20.5. The minimum Gasteiger partial charge on any atom is -0.494 e. The highest BCUT2D eigenvalue weighted by Gasteiger charge is 2.16. The molecule has 26 heavy (non-hydrogen) atoms. The molecular formula is C18H18N2O6. The smallest absolute Gasteiger partial charge is 0.337 e. The van der Waals surface area contributed by atoms with E-state index in [2.05, 4.69) is 9.97 Å². The molecule has 1 aromatic heterocycles. The number of aliphatic hydroxyl groups excluding tert-OH is 2. The number of aliphatic hydroxyl groups is 2. The van der Waals surface area contributed by atoms with Gasteiger partial charge in [-0.25, -0.2) is 14.8 Å². The van der Waals surface area contributed by atoms with Crippen molar-refractivity contribution in [2.45, 2.75) is 12.7 Å². The first-order chi connectivity index (χ1) is 12.5. The van der Waals surface area contributed by atoms with Crippen LogP contribution in [0.15, 0.2) is 30.3 Å². The number of benzene rings is 2. The number of carbonyl (C=O) groups is 1. The molecule has 0 fully saturated rings. The molecule has 0 spiro atoms. The van der Waals surface area contributed by atoms with Gasteiger partial charge in [0.1, 0.15) is 22.9 Å². The molecule has 1 heterocycles. The van der Waals surface area contributed by atoms with Gasteiger partial charge in [0, 0.05) is 5.56 Å². The molecule has 8 nitrogen and oxygen atoms in total. The van der Waals surface area contributed by atoms with Crippen LogP contribution in [0.25, 0.3) is 22.1 Å². The lowest BCUT2D eigenvalue weighted by Gasteiger charge is -2.12. The Morgan fingerprint density at radius 3 is 2.65 bits per heavy atom. The van der Waals surface area contributed by atoms with Gasteiger partial charge in [-0.2, -0.15) is 0 Å². The number of rotatable bonds is 7. The van der Waals surface area contributed by atoms with Gasteiger partial charge in [0.2, 0.25) is 0 Å². The van der Waals surface area contributed by atoms with E-state index in [9.17, 15) is 15.0 Å². The molecule has 3 rings (SSSR count). The highest BCUT2D eigenvalue weighted by molar-refractivity contribution is 6.03. The van der Waals surface area contributed by atoms with Crippen molar-refractivity contribution < 1.29 is 29.6 Å². The molecule has 0 aliphatic carbocycles. The van der Waals surface area contributed by atoms with Crippen molar-refractivity contribution in [1.29, 1.82) is 0 Å². The monoisotopic (exact) mass is 358 g/mol. The Hall–Kier alpha value is -2.81. The molecule has 3 aromatic rings. The number of hydrogen-bond acceptors (Lipinski definition) is 7. The summed E-state index contributed by atoms with van der Waals surface area (Å²) in [5.41, 5.74) is 2.45. The first-order valence-electron chi connectivity index (χ1n) is 7.91. The van der Waals surface area contributed by atoms with E-state index >= 15 is 0 Å². The zero-order valence-corrected chi connectivity index (χ0v) is 14.0. The first-order valence-corrected chi connectivity index (χ1v) is 7.91. The van der Waals surface area contributed by atoms with Gasteiger partial charge in [-0.1, -0.05) is 12.1 Å². The Morgan fingerprint density at radius 2 is 1.96 bits per heavy atom. The van der Waals surface area contributed by atoms with Crippen molar-refractivity contribution in [2.24, 2.45) is 0 Å². The van der Waals surface area contributed by atoms with Crippen molar-refractivity contribution in [3.63, 3.8) is 0 Å². The van der Waals surface area contributed by atoms with Crippen LogP contribution in [0.3, 0.4) is 0 Å².